The summed E-state index contributed by atoms with van der Waals surface area (Å²) in [5.74, 6) is 1.97. The fourth-order valence-electron chi connectivity index (χ4n) is 8.09. The fourth-order valence-corrected chi connectivity index (χ4v) is 9.38. The fraction of sp³-hybridized carbons (Fsp3) is 0.0408. The van der Waals surface area contributed by atoms with Crippen molar-refractivity contribution >= 4 is 60.2 Å². The summed E-state index contributed by atoms with van der Waals surface area (Å²) >= 11 is 1.83. The van der Waals surface area contributed by atoms with Crippen LogP contribution in [0, 0.1) is 0 Å². The summed E-state index contributed by atoms with van der Waals surface area (Å²) < 4.78 is 7.98. The molecule has 4 nitrogen and oxygen atoms in total. The Morgan fingerprint density at radius 3 is 2.04 bits per heavy atom. The Hall–Kier alpha value is -6.69. The molecular weight excluding hydrogens is 679 g/mol. The molecule has 0 N–H and O–H groups in total. The third-order valence-electron chi connectivity index (χ3n) is 10.6. The van der Waals surface area contributed by atoms with Gasteiger partial charge in [0.15, 0.2) is 17.5 Å². The Kier molecular flexibility index (Phi) is 7.13. The van der Waals surface area contributed by atoms with Crippen LogP contribution < -0.4 is 0 Å². The topological polar surface area (TPSA) is 51.8 Å². The molecule has 0 amide bonds. The molecule has 0 fully saturated rings. The number of aryl methyl sites for hydroxylation is 1. The van der Waals surface area contributed by atoms with Crippen LogP contribution in [0.2, 0.25) is 0 Å². The van der Waals surface area contributed by atoms with Gasteiger partial charge in [-0.15, -0.1) is 11.3 Å². The summed E-state index contributed by atoms with van der Waals surface area (Å²) in [4.78, 5) is 16.8. The molecule has 10 aromatic rings. The van der Waals surface area contributed by atoms with Gasteiger partial charge in [-0.05, 0) is 81.8 Å². The monoisotopic (exact) mass is 709 g/mol. The third-order valence-corrected chi connectivity index (χ3v) is 11.8. The van der Waals surface area contributed by atoms with E-state index in [1.54, 1.807) is 0 Å². The van der Waals surface area contributed by atoms with Crippen LogP contribution in [0.1, 0.15) is 16.9 Å². The average molecular weight is 710 g/mol. The highest BCUT2D eigenvalue weighted by Crippen LogP contribution is 2.45. The van der Waals surface area contributed by atoms with E-state index >= 15 is 0 Å². The Bertz CT molecular complexity index is 3100. The second-order valence-electron chi connectivity index (χ2n) is 13.8. The number of hydrogen-bond acceptors (Lipinski definition) is 5. The maximum Gasteiger partial charge on any atom is 0.165 e. The largest absolute Gasteiger partial charge is 0.455 e. The molecule has 254 valence electrons. The van der Waals surface area contributed by atoms with Crippen LogP contribution >= 0.6 is 11.3 Å². The molecule has 0 spiro atoms. The highest BCUT2D eigenvalue weighted by molar-refractivity contribution is 7.20. The number of benzene rings is 7. The van der Waals surface area contributed by atoms with Crippen molar-refractivity contribution in [2.75, 3.05) is 0 Å². The zero-order valence-electron chi connectivity index (χ0n) is 29.2. The molecule has 0 saturated carbocycles. The number of rotatable bonds is 5. The van der Waals surface area contributed by atoms with Crippen molar-refractivity contribution in [2.45, 2.75) is 12.8 Å². The lowest BCUT2D eigenvalue weighted by Crippen LogP contribution is -2.00. The van der Waals surface area contributed by atoms with E-state index in [-0.39, 0.29) is 0 Å². The number of fused-ring (bicyclic) bond motifs is 8. The van der Waals surface area contributed by atoms with E-state index in [9.17, 15) is 0 Å². The molecule has 1 aliphatic rings. The van der Waals surface area contributed by atoms with E-state index in [0.717, 1.165) is 84.5 Å². The zero-order valence-corrected chi connectivity index (χ0v) is 30.0. The third kappa shape index (κ3) is 5.01. The highest BCUT2D eigenvalue weighted by Gasteiger charge is 2.21. The van der Waals surface area contributed by atoms with E-state index in [4.69, 9.17) is 19.4 Å². The number of para-hydroxylation sites is 1. The Balaban J connectivity index is 1.13. The predicted molar refractivity (Wildman–Crippen MR) is 225 cm³/mol. The normalized spacial score (nSPS) is 12.6. The summed E-state index contributed by atoms with van der Waals surface area (Å²) in [5.41, 5.74) is 10.6. The Morgan fingerprint density at radius 2 is 1.17 bits per heavy atom. The Labute approximate surface area is 315 Å². The first-order valence-electron chi connectivity index (χ1n) is 18.3. The molecule has 7 aromatic carbocycles. The molecule has 54 heavy (non-hydrogen) atoms. The zero-order chi connectivity index (χ0) is 35.6. The van der Waals surface area contributed by atoms with Gasteiger partial charge in [-0.25, -0.2) is 15.0 Å². The first-order chi connectivity index (χ1) is 26.8. The van der Waals surface area contributed by atoms with Gasteiger partial charge in [-0.3, -0.25) is 0 Å². The second kappa shape index (κ2) is 12.5. The van der Waals surface area contributed by atoms with Gasteiger partial charge in [-0.2, -0.15) is 0 Å². The molecular formula is C49H31N3OS. The van der Waals surface area contributed by atoms with Crippen LogP contribution in [0.25, 0.3) is 105 Å². The van der Waals surface area contributed by atoms with E-state index in [1.165, 1.54) is 20.5 Å². The molecule has 0 bridgehead atoms. The number of aromatic nitrogens is 3. The molecule has 1 aliphatic carbocycles. The van der Waals surface area contributed by atoms with Gasteiger partial charge >= 0.3 is 0 Å². The second-order valence-corrected chi connectivity index (χ2v) is 14.9. The molecule has 0 aliphatic heterocycles. The van der Waals surface area contributed by atoms with Gasteiger partial charge in [-0.1, -0.05) is 133 Å². The van der Waals surface area contributed by atoms with Crippen LogP contribution in [0.5, 0.6) is 0 Å². The van der Waals surface area contributed by atoms with Crippen LogP contribution in [-0.2, 0) is 6.42 Å². The molecule has 3 heterocycles. The Morgan fingerprint density at radius 1 is 0.500 bits per heavy atom. The van der Waals surface area contributed by atoms with Gasteiger partial charge in [0.05, 0.1) is 0 Å². The summed E-state index contributed by atoms with van der Waals surface area (Å²) in [6.07, 6.45) is 6.67. The predicted octanol–water partition coefficient (Wildman–Crippen LogP) is 13.4. The van der Waals surface area contributed by atoms with Gasteiger partial charge in [0.1, 0.15) is 11.2 Å². The summed E-state index contributed by atoms with van der Waals surface area (Å²) in [6.45, 7) is 0. The van der Waals surface area contributed by atoms with Crippen molar-refractivity contribution in [3.05, 3.63) is 168 Å². The van der Waals surface area contributed by atoms with Crippen molar-refractivity contribution < 1.29 is 4.42 Å². The molecule has 0 saturated heterocycles. The van der Waals surface area contributed by atoms with Crippen molar-refractivity contribution in [3.63, 3.8) is 0 Å². The lowest BCUT2D eigenvalue weighted by atomic mass is 9.91. The maximum absolute atomic E-state index is 6.76. The molecule has 0 unspecified atom stereocenters. The van der Waals surface area contributed by atoms with E-state index in [2.05, 4.69) is 140 Å². The lowest BCUT2D eigenvalue weighted by molar-refractivity contribution is 0.673. The van der Waals surface area contributed by atoms with Crippen LogP contribution in [0.15, 0.2) is 162 Å². The van der Waals surface area contributed by atoms with Gasteiger partial charge in [0.25, 0.3) is 0 Å². The minimum Gasteiger partial charge on any atom is -0.455 e. The molecule has 3 aromatic heterocycles. The molecule has 0 atom stereocenters. The first kappa shape index (κ1) is 30.9. The SMILES string of the molecule is C1=Cc2sc3c(-c4nc(-c5ccccc5)nc(-c5cccc(-c6cc7cccc(-c8ccccc8)c7c7oc8ccccc8c67)c5)n4)cccc3c2CC1. The number of nitrogens with zero attached hydrogens (tertiary/aromatic N) is 3. The number of hydrogen-bond donors (Lipinski definition) is 0. The minimum atomic E-state index is 0.638. The first-order valence-corrected chi connectivity index (χ1v) is 19.1. The van der Waals surface area contributed by atoms with Gasteiger partial charge < -0.3 is 4.42 Å². The quantitative estimate of drug-likeness (QED) is 0.178. The van der Waals surface area contributed by atoms with E-state index in [1.807, 2.05) is 35.6 Å². The molecule has 5 heteroatoms. The van der Waals surface area contributed by atoms with Crippen molar-refractivity contribution in [2.24, 2.45) is 0 Å². The molecule has 11 rings (SSSR count). The maximum atomic E-state index is 6.76. The van der Waals surface area contributed by atoms with Gasteiger partial charge in [0, 0.05) is 42.4 Å². The van der Waals surface area contributed by atoms with E-state index < -0.39 is 0 Å². The number of thiophene rings is 1. The minimum absolute atomic E-state index is 0.638. The van der Waals surface area contributed by atoms with Crippen molar-refractivity contribution in [1.29, 1.82) is 0 Å². The summed E-state index contributed by atoms with van der Waals surface area (Å²) in [6, 6.07) is 53.1. The average Bonchev–Trinajstić information content (AvgIpc) is 3.83. The number of allylic oxidation sites excluding steroid dienone is 1. The summed E-state index contributed by atoms with van der Waals surface area (Å²) in [7, 11) is 0. The number of furan rings is 1. The smallest absolute Gasteiger partial charge is 0.165 e. The van der Waals surface area contributed by atoms with Crippen molar-refractivity contribution in [1.82, 2.24) is 15.0 Å². The summed E-state index contributed by atoms with van der Waals surface area (Å²) in [5, 5.41) is 5.73. The molecule has 0 radical (unpaired) electrons. The standard InChI is InChI=1S/C49H31N3OS/c1-3-14-30(15-4-1)35-23-12-19-33-29-40(44-38-22-7-9-26-41(38)53-45(44)43(33)35)32-18-11-20-34(28-32)48-50-47(31-16-5-2-6-17-31)51-49(52-48)39-25-13-24-37-36-21-8-10-27-42(36)54-46(37)39/h1-7,9-20,22-29H,8,21H2. The van der Waals surface area contributed by atoms with E-state index in [0.29, 0.717) is 17.5 Å². The van der Waals surface area contributed by atoms with Crippen LogP contribution in [0.3, 0.4) is 0 Å². The van der Waals surface area contributed by atoms with Crippen LogP contribution in [-0.4, -0.2) is 15.0 Å². The lowest BCUT2D eigenvalue weighted by Gasteiger charge is -2.13. The highest BCUT2D eigenvalue weighted by atomic mass is 32.1. The van der Waals surface area contributed by atoms with Crippen molar-refractivity contribution in [3.8, 4) is 56.4 Å². The van der Waals surface area contributed by atoms with Crippen LogP contribution in [0.4, 0.5) is 0 Å². The van der Waals surface area contributed by atoms with Gasteiger partial charge in [0.2, 0.25) is 0 Å².